The molecule has 0 atom stereocenters. The van der Waals surface area contributed by atoms with E-state index in [0.717, 1.165) is 63.2 Å². The lowest BCUT2D eigenvalue weighted by atomic mass is 10.0. The van der Waals surface area contributed by atoms with E-state index in [-0.39, 0.29) is 0 Å². The molecule has 0 unspecified atom stereocenters. The van der Waals surface area contributed by atoms with E-state index in [1.54, 1.807) is 38.5 Å². The van der Waals surface area contributed by atoms with E-state index in [4.69, 9.17) is 38.1 Å². The first-order valence-electron chi connectivity index (χ1n) is 15.9. The Bertz CT molecular complexity index is 1880. The Balaban J connectivity index is 0.000000187. The first kappa shape index (κ1) is 38.0. The van der Waals surface area contributed by atoms with Crippen LogP contribution in [-0.2, 0) is 6.42 Å². The normalized spacial score (nSPS) is 10.0. The fraction of sp³-hybridized carbons (Fsp3) is 0.122. The van der Waals surface area contributed by atoms with E-state index in [9.17, 15) is 0 Å². The maximum Gasteiger partial charge on any atom is 0.141 e. The van der Waals surface area contributed by atoms with Crippen molar-refractivity contribution in [3.05, 3.63) is 162 Å². The number of anilines is 5. The Morgan fingerprint density at radius 1 is 0.460 bits per heavy atom. The lowest BCUT2D eigenvalue weighted by Gasteiger charge is -2.07. The van der Waals surface area contributed by atoms with Crippen molar-refractivity contribution >= 4 is 39.8 Å². The number of methoxy groups -OCH3 is 2. The van der Waals surface area contributed by atoms with E-state index in [2.05, 4.69) is 34.5 Å². The molecule has 0 aliphatic carbocycles. The van der Waals surface area contributed by atoms with E-state index >= 15 is 0 Å². The molecule has 0 heterocycles. The molecule has 6 aromatic carbocycles. The van der Waals surface area contributed by atoms with Gasteiger partial charge in [0.25, 0.3) is 0 Å². The summed E-state index contributed by atoms with van der Waals surface area (Å²) >= 11 is 0. The van der Waals surface area contributed by atoms with Crippen LogP contribution in [0.1, 0.15) is 22.3 Å². The fourth-order valence-electron chi connectivity index (χ4n) is 4.39. The third kappa shape index (κ3) is 13.3. The van der Waals surface area contributed by atoms with Crippen LogP contribution >= 0.6 is 0 Å². The summed E-state index contributed by atoms with van der Waals surface area (Å²) in [7, 11) is 3.22. The van der Waals surface area contributed by atoms with Gasteiger partial charge in [0.1, 0.15) is 11.5 Å². The fourth-order valence-corrected chi connectivity index (χ4v) is 4.39. The summed E-state index contributed by atoms with van der Waals surface area (Å²) in [4.78, 5) is 0. The lowest BCUT2D eigenvalue weighted by molar-refractivity contribution is 0.415. The Kier molecular flexibility index (Phi) is 15.2. The molecule has 9 heteroatoms. The average molecular weight is 670 g/mol. The molecule has 0 bridgehead atoms. The maximum absolute atomic E-state index is 5.81. The molecule has 0 aliphatic heterocycles. The second-order valence-electron chi connectivity index (χ2n) is 11.2. The van der Waals surface area contributed by atoms with Crippen LogP contribution in [0.5, 0.6) is 11.5 Å². The van der Waals surface area contributed by atoms with E-state index in [1.807, 2.05) is 105 Å². The summed E-state index contributed by atoms with van der Waals surface area (Å²) < 4.78 is 9.83. The molecule has 6 rings (SSSR count). The number of nitrogen functional groups attached to an aromatic ring is 5. The molecule has 258 valence electrons. The number of hydrogen-bond acceptors (Lipinski definition) is 9. The van der Waals surface area contributed by atoms with Gasteiger partial charge in [-0.25, -0.2) is 0 Å². The van der Waals surface area contributed by atoms with E-state index in [1.165, 1.54) is 11.1 Å². The summed E-state index contributed by atoms with van der Waals surface area (Å²) in [6.07, 6.45) is 0.919. The number of benzene rings is 6. The Morgan fingerprint density at radius 3 is 1.46 bits per heavy atom. The number of para-hydroxylation sites is 2. The van der Waals surface area contributed by atoms with Gasteiger partial charge >= 0.3 is 0 Å². The second-order valence-corrected chi connectivity index (χ2v) is 11.2. The highest BCUT2D eigenvalue weighted by atomic mass is 16.5. The van der Waals surface area contributed by atoms with Gasteiger partial charge in [-0.05, 0) is 115 Å². The predicted octanol–water partition coefficient (Wildman–Crippen LogP) is 9.30. The quantitative estimate of drug-likeness (QED) is 0.0867. The molecule has 0 radical (unpaired) electrons. The third-order valence-corrected chi connectivity index (χ3v) is 7.24. The van der Waals surface area contributed by atoms with Crippen LogP contribution in [0.4, 0.5) is 39.8 Å². The zero-order chi connectivity index (χ0) is 36.3. The topological polar surface area (TPSA) is 173 Å². The summed E-state index contributed by atoms with van der Waals surface area (Å²) in [6, 6.07) is 44.0. The monoisotopic (exact) mass is 669 g/mol. The number of aryl methyl sites for hydroxylation is 2. The second kappa shape index (κ2) is 20.0. The standard InChI is InChI=1S/C15H18N2.C12H11N3.2C7H9NO/c1-10-7-12(3-5-14(10)16)9-13-4-6-15(17)11(2)8-13;13-10-6-8-12(9-7-10)15-14-11-4-2-1-3-5-11;1-9-7-4-2-3-6(8)5-7;1-9-7-5-3-2-4-6(7)8/h3-8H,9,16-17H2,1-2H3;1-9H,13H2;2*2-5H,8H2,1H3. The first-order chi connectivity index (χ1) is 24.1. The molecule has 0 fully saturated rings. The number of hydrogen-bond donors (Lipinski definition) is 5. The minimum Gasteiger partial charge on any atom is -0.497 e. The molecule has 50 heavy (non-hydrogen) atoms. The maximum atomic E-state index is 5.81. The summed E-state index contributed by atoms with van der Waals surface area (Å²) in [6.45, 7) is 4.07. The van der Waals surface area contributed by atoms with Crippen LogP contribution < -0.4 is 38.1 Å². The highest BCUT2D eigenvalue weighted by Gasteiger charge is 2.01. The number of rotatable bonds is 6. The van der Waals surface area contributed by atoms with Crippen molar-refractivity contribution in [1.29, 1.82) is 0 Å². The lowest BCUT2D eigenvalue weighted by Crippen LogP contribution is -1.95. The van der Waals surface area contributed by atoms with Gasteiger partial charge in [0.15, 0.2) is 0 Å². The highest BCUT2D eigenvalue weighted by molar-refractivity contribution is 5.52. The van der Waals surface area contributed by atoms with Crippen molar-refractivity contribution in [3.8, 4) is 11.5 Å². The predicted molar refractivity (Wildman–Crippen MR) is 210 cm³/mol. The Labute approximate surface area is 295 Å². The van der Waals surface area contributed by atoms with Gasteiger partial charge in [-0.1, -0.05) is 60.7 Å². The summed E-state index contributed by atoms with van der Waals surface area (Å²) in [5, 5.41) is 8.18. The molecule has 0 spiro atoms. The van der Waals surface area contributed by atoms with Gasteiger partial charge in [-0.3, -0.25) is 0 Å². The molecule has 0 aromatic heterocycles. The summed E-state index contributed by atoms with van der Waals surface area (Å²) in [5.41, 5.74) is 38.4. The number of azo groups is 1. The Morgan fingerprint density at radius 2 is 1.00 bits per heavy atom. The van der Waals surface area contributed by atoms with Crippen molar-refractivity contribution in [3.63, 3.8) is 0 Å². The molecule has 0 saturated carbocycles. The van der Waals surface area contributed by atoms with Crippen molar-refractivity contribution in [2.45, 2.75) is 20.3 Å². The number of nitrogens with two attached hydrogens (primary N) is 5. The zero-order valence-corrected chi connectivity index (χ0v) is 29.1. The molecule has 10 N–H and O–H groups in total. The van der Waals surface area contributed by atoms with Crippen molar-refractivity contribution < 1.29 is 9.47 Å². The van der Waals surface area contributed by atoms with E-state index < -0.39 is 0 Å². The van der Waals surface area contributed by atoms with Crippen LogP contribution in [0.15, 0.2) is 150 Å². The first-order valence-corrected chi connectivity index (χ1v) is 15.9. The van der Waals surface area contributed by atoms with Crippen LogP contribution in [0.2, 0.25) is 0 Å². The number of ether oxygens (including phenoxy) is 2. The largest absolute Gasteiger partial charge is 0.497 e. The molecule has 0 saturated heterocycles. The van der Waals surface area contributed by atoms with Crippen LogP contribution in [0, 0.1) is 13.8 Å². The average Bonchev–Trinajstić information content (AvgIpc) is 3.13. The van der Waals surface area contributed by atoms with Crippen molar-refractivity contribution in [2.24, 2.45) is 10.2 Å². The molecule has 6 aromatic rings. The summed E-state index contributed by atoms with van der Waals surface area (Å²) in [5.74, 6) is 1.53. The molecule has 0 amide bonds. The van der Waals surface area contributed by atoms with Gasteiger partial charge in [0, 0.05) is 28.8 Å². The molecule has 9 nitrogen and oxygen atoms in total. The third-order valence-electron chi connectivity index (χ3n) is 7.24. The minimum absolute atomic E-state index is 0.681. The highest BCUT2D eigenvalue weighted by Crippen LogP contribution is 2.21. The smallest absolute Gasteiger partial charge is 0.141 e. The number of nitrogens with zero attached hydrogens (tertiary/aromatic N) is 2. The van der Waals surface area contributed by atoms with E-state index in [0.29, 0.717) is 5.69 Å². The van der Waals surface area contributed by atoms with Crippen molar-refractivity contribution in [1.82, 2.24) is 0 Å². The van der Waals surface area contributed by atoms with Gasteiger partial charge < -0.3 is 38.1 Å². The molecular weight excluding hydrogens is 622 g/mol. The van der Waals surface area contributed by atoms with Crippen molar-refractivity contribution in [2.75, 3.05) is 42.9 Å². The SMILES string of the molecule is COc1cccc(N)c1.COc1ccccc1N.Cc1cc(Cc2ccc(N)c(C)c2)ccc1N.Nc1ccc(N=Nc2ccccc2)cc1. The van der Waals surface area contributed by atoms with Gasteiger partial charge in [-0.2, -0.15) is 10.2 Å². The minimum atomic E-state index is 0.681. The van der Waals surface area contributed by atoms with Crippen LogP contribution in [0.3, 0.4) is 0 Å². The van der Waals surface area contributed by atoms with Gasteiger partial charge in [0.2, 0.25) is 0 Å². The van der Waals surface area contributed by atoms with Gasteiger partial charge in [0.05, 0.1) is 31.3 Å². The molecular formula is C41H47N7O2. The van der Waals surface area contributed by atoms with Crippen LogP contribution in [-0.4, -0.2) is 14.2 Å². The zero-order valence-electron chi connectivity index (χ0n) is 29.1. The van der Waals surface area contributed by atoms with Crippen LogP contribution in [0.25, 0.3) is 0 Å². The molecule has 0 aliphatic rings. The Hall–Kier alpha value is -6.48. The van der Waals surface area contributed by atoms with Gasteiger partial charge in [-0.15, -0.1) is 0 Å².